The zero-order valence-electron chi connectivity index (χ0n) is 33.9. The molecule has 7 aromatic carbocycles. The van der Waals surface area contributed by atoms with Gasteiger partial charge in [-0.1, -0.05) is 141 Å². The van der Waals surface area contributed by atoms with Crippen molar-refractivity contribution in [3.63, 3.8) is 0 Å². The van der Waals surface area contributed by atoms with Gasteiger partial charge in [0.1, 0.15) is 5.82 Å². The first-order valence-corrected chi connectivity index (χ1v) is 20.6. The summed E-state index contributed by atoms with van der Waals surface area (Å²) in [5, 5.41) is 2.22. The molecule has 0 bridgehead atoms. The van der Waals surface area contributed by atoms with E-state index < -0.39 is 0 Å². The molecule has 0 fully saturated rings. The molecule has 300 valence electrons. The Morgan fingerprint density at radius 3 is 1.95 bits per heavy atom. The number of pyridine rings is 1. The van der Waals surface area contributed by atoms with Gasteiger partial charge in [0, 0.05) is 56.7 Å². The molecule has 0 radical (unpaired) electrons. The van der Waals surface area contributed by atoms with Crippen molar-refractivity contribution in [1.29, 1.82) is 0 Å². The van der Waals surface area contributed by atoms with Gasteiger partial charge in [0.25, 0.3) is 6.33 Å². The molecule has 0 aliphatic rings. The Kier molecular flexibility index (Phi) is 11.3. The van der Waals surface area contributed by atoms with Crippen LogP contribution in [0.25, 0.3) is 72.4 Å². The van der Waals surface area contributed by atoms with E-state index in [0.717, 1.165) is 79.7 Å². The Balaban J connectivity index is 0.00000476. The Hall–Kier alpha value is -6.81. The molecule has 10 rings (SSSR count). The molecule has 6 heteroatoms. The van der Waals surface area contributed by atoms with Crippen molar-refractivity contribution < 1.29 is 30.4 Å². The number of nitrogens with zero attached hydrogens (tertiary/aromatic N) is 4. The monoisotopic (exact) mass is 969 g/mol. The summed E-state index contributed by atoms with van der Waals surface area (Å²) in [7, 11) is 0. The summed E-state index contributed by atoms with van der Waals surface area (Å²) >= 11 is 0. The molecule has 0 spiro atoms. The summed E-state index contributed by atoms with van der Waals surface area (Å²) in [6.45, 7) is 4.50. The van der Waals surface area contributed by atoms with Gasteiger partial charge >= 0.3 is 0 Å². The van der Waals surface area contributed by atoms with Crippen molar-refractivity contribution in [3.8, 4) is 62.1 Å². The van der Waals surface area contributed by atoms with E-state index in [9.17, 15) is 0 Å². The van der Waals surface area contributed by atoms with E-state index >= 15 is 0 Å². The van der Waals surface area contributed by atoms with Crippen LogP contribution < -0.4 is 9.30 Å². The minimum atomic E-state index is 0. The van der Waals surface area contributed by atoms with E-state index in [-0.39, 0.29) is 21.1 Å². The molecule has 0 amide bonds. The molecule has 0 saturated carbocycles. The first-order valence-electron chi connectivity index (χ1n) is 20.6. The van der Waals surface area contributed by atoms with Crippen LogP contribution in [0.3, 0.4) is 0 Å². The normalized spacial score (nSPS) is 11.3. The molecule has 3 aromatic heterocycles. The fourth-order valence-electron chi connectivity index (χ4n) is 8.44. The average molecular weight is 970 g/mol. The van der Waals surface area contributed by atoms with Crippen molar-refractivity contribution in [3.05, 3.63) is 212 Å². The van der Waals surface area contributed by atoms with Crippen molar-refractivity contribution in [2.24, 2.45) is 0 Å². The maximum atomic E-state index is 6.59. The number of hydrogen-bond donors (Lipinski definition) is 0. The maximum Gasteiger partial charge on any atom is 0.267 e. The fourth-order valence-corrected chi connectivity index (χ4v) is 8.44. The van der Waals surface area contributed by atoms with Crippen LogP contribution >= 0.6 is 0 Å². The van der Waals surface area contributed by atoms with E-state index in [1.807, 2.05) is 59.6 Å². The first-order chi connectivity index (χ1) is 29.6. The van der Waals surface area contributed by atoms with Crippen LogP contribution in [0.2, 0.25) is 0 Å². The minimum absolute atomic E-state index is 0. The third kappa shape index (κ3) is 7.74. The predicted molar refractivity (Wildman–Crippen MR) is 242 cm³/mol. The SMILES string of the molecule is CCC(CC)c1ccnc(-n2c3[c-]c(Oc4[c-]c(-n5[c-][n+](-c6c(-c7ccccc7)cccc6-c6ccccc6)cc5)ccc4)ccc3c3cc(-c4ccccc4)ccc32)c1.[Pt]. The molecule has 0 saturated heterocycles. The van der Waals surface area contributed by atoms with Gasteiger partial charge in [-0.3, -0.25) is 4.57 Å². The van der Waals surface area contributed by atoms with E-state index in [1.54, 1.807) is 0 Å². The number of imidazole rings is 1. The van der Waals surface area contributed by atoms with Gasteiger partial charge in [0.05, 0.1) is 5.69 Å². The number of para-hydroxylation sites is 1. The van der Waals surface area contributed by atoms with Crippen LogP contribution in [0.5, 0.6) is 11.5 Å². The molecule has 0 aliphatic heterocycles. The first kappa shape index (κ1) is 39.6. The van der Waals surface area contributed by atoms with Crippen LogP contribution in [0.15, 0.2) is 188 Å². The minimum Gasteiger partial charge on any atom is -0.510 e. The van der Waals surface area contributed by atoms with Gasteiger partial charge in [-0.2, -0.15) is 18.2 Å². The number of aromatic nitrogens is 4. The van der Waals surface area contributed by atoms with Crippen molar-refractivity contribution in [2.75, 3.05) is 0 Å². The molecular formula is C55H42N4OPt-2. The zero-order valence-corrected chi connectivity index (χ0v) is 36.2. The van der Waals surface area contributed by atoms with Crippen LogP contribution in [-0.2, 0) is 21.1 Å². The summed E-state index contributed by atoms with van der Waals surface area (Å²) in [5.41, 5.74) is 12.0. The van der Waals surface area contributed by atoms with Crippen molar-refractivity contribution in [2.45, 2.75) is 32.6 Å². The summed E-state index contributed by atoms with van der Waals surface area (Å²) in [4.78, 5) is 4.93. The van der Waals surface area contributed by atoms with Gasteiger partial charge in [-0.25, -0.2) is 4.98 Å². The Labute approximate surface area is 371 Å². The number of rotatable bonds is 11. The second-order valence-electron chi connectivity index (χ2n) is 15.1. The van der Waals surface area contributed by atoms with Crippen LogP contribution in [-0.4, -0.2) is 14.1 Å². The zero-order chi connectivity index (χ0) is 40.4. The van der Waals surface area contributed by atoms with E-state index in [4.69, 9.17) is 9.72 Å². The molecule has 5 nitrogen and oxygen atoms in total. The molecular weight excluding hydrogens is 928 g/mol. The maximum absolute atomic E-state index is 6.59. The van der Waals surface area contributed by atoms with Gasteiger partial charge in [0.2, 0.25) is 0 Å². The standard InChI is InChI=1S/C55H42N4O.Pt/c1-3-39(4-2)44-30-31-56-54(35-44)59-52-29-26-43(40-16-8-5-9-17-40)34-51(52)50-28-27-47(37-53(50)59)60-46-23-14-22-45(36-46)57-32-33-58(38-57)55-48(41-18-10-6-11-19-41)24-15-25-49(55)42-20-12-7-13-21-42;/h5-35,39H,3-4H2,1-2H3;/q-2;. The Morgan fingerprint density at radius 2 is 1.26 bits per heavy atom. The molecule has 0 aliphatic carbocycles. The number of ether oxygens (including phenoxy) is 1. The topological polar surface area (TPSA) is 35.9 Å². The Bertz CT molecular complexity index is 3040. The van der Waals surface area contributed by atoms with Gasteiger partial charge in [-0.15, -0.1) is 29.7 Å². The summed E-state index contributed by atoms with van der Waals surface area (Å²) in [5.74, 6) is 2.51. The van der Waals surface area contributed by atoms with E-state index in [0.29, 0.717) is 17.4 Å². The summed E-state index contributed by atoms with van der Waals surface area (Å²) in [6.07, 6.45) is 11.7. The van der Waals surface area contributed by atoms with Gasteiger partial charge < -0.3 is 13.9 Å². The van der Waals surface area contributed by atoms with Gasteiger partial charge in [0.15, 0.2) is 0 Å². The molecule has 0 atom stereocenters. The average Bonchev–Trinajstić information content (AvgIpc) is 3.93. The molecule has 3 heterocycles. The molecule has 61 heavy (non-hydrogen) atoms. The fraction of sp³-hybridized carbons (Fsp3) is 0.0909. The van der Waals surface area contributed by atoms with E-state index in [2.05, 4.69) is 175 Å². The summed E-state index contributed by atoms with van der Waals surface area (Å²) in [6, 6.07) is 66.3. The molecule has 0 unspecified atom stereocenters. The smallest absolute Gasteiger partial charge is 0.267 e. The van der Waals surface area contributed by atoms with Crippen molar-refractivity contribution >= 4 is 21.8 Å². The number of fused-ring (bicyclic) bond motifs is 3. The van der Waals surface area contributed by atoms with Crippen LogP contribution in [0, 0.1) is 18.5 Å². The number of hydrogen-bond acceptors (Lipinski definition) is 2. The largest absolute Gasteiger partial charge is 0.510 e. The quantitative estimate of drug-likeness (QED) is 0.0956. The van der Waals surface area contributed by atoms with Crippen LogP contribution in [0.4, 0.5) is 0 Å². The summed E-state index contributed by atoms with van der Waals surface area (Å²) < 4.78 is 12.8. The van der Waals surface area contributed by atoms with Gasteiger partial charge in [-0.05, 0) is 87.0 Å². The Morgan fingerprint density at radius 1 is 0.607 bits per heavy atom. The van der Waals surface area contributed by atoms with E-state index in [1.165, 1.54) is 11.1 Å². The second-order valence-corrected chi connectivity index (χ2v) is 15.1. The van der Waals surface area contributed by atoms with Crippen LogP contribution in [0.1, 0.15) is 38.2 Å². The molecule has 0 N–H and O–H groups in total. The number of benzene rings is 7. The molecule has 10 aromatic rings. The van der Waals surface area contributed by atoms with Crippen molar-refractivity contribution in [1.82, 2.24) is 14.1 Å². The third-order valence-corrected chi connectivity index (χ3v) is 11.5. The third-order valence-electron chi connectivity index (χ3n) is 11.5. The predicted octanol–water partition coefficient (Wildman–Crippen LogP) is 13.3. The second kappa shape index (κ2) is 17.4.